The number of rotatable bonds is 6. The second-order valence-electron chi connectivity index (χ2n) is 6.51. The van der Waals surface area contributed by atoms with E-state index in [0.717, 1.165) is 38.0 Å². The quantitative estimate of drug-likeness (QED) is 0.824. The third kappa shape index (κ3) is 4.66. The number of aliphatic hydroxyl groups excluding tert-OH is 1. The third-order valence-electron chi connectivity index (χ3n) is 4.83. The van der Waals surface area contributed by atoms with E-state index >= 15 is 0 Å². The normalized spacial score (nSPS) is 25.8. The molecule has 0 amide bonds. The zero-order valence-electron chi connectivity index (χ0n) is 14.0. The molecule has 0 aliphatic carbocycles. The lowest BCUT2D eigenvalue weighted by molar-refractivity contribution is -0.0662. The SMILES string of the molecule is OCCO[C@H]1CCOC[C@H]1NC1CCN(c2cccc(F)c2)CC1. The van der Waals surface area contributed by atoms with Gasteiger partial charge in [-0.25, -0.2) is 4.39 Å². The van der Waals surface area contributed by atoms with Gasteiger partial charge in [0.25, 0.3) is 0 Å². The number of ether oxygens (including phenoxy) is 2. The molecule has 3 rings (SSSR count). The molecule has 2 atom stereocenters. The van der Waals surface area contributed by atoms with Gasteiger partial charge in [0.05, 0.1) is 32.0 Å². The Bertz CT molecular complexity index is 509. The first-order valence-electron chi connectivity index (χ1n) is 8.83. The van der Waals surface area contributed by atoms with Crippen LogP contribution in [0, 0.1) is 5.82 Å². The van der Waals surface area contributed by atoms with E-state index in [0.29, 0.717) is 25.9 Å². The maximum absolute atomic E-state index is 13.4. The zero-order chi connectivity index (χ0) is 16.8. The van der Waals surface area contributed by atoms with Crippen LogP contribution in [0.1, 0.15) is 19.3 Å². The van der Waals surface area contributed by atoms with Crippen molar-refractivity contribution in [2.45, 2.75) is 37.5 Å². The van der Waals surface area contributed by atoms with Gasteiger partial charge in [-0.15, -0.1) is 0 Å². The largest absolute Gasteiger partial charge is 0.394 e. The minimum absolute atomic E-state index is 0.0517. The molecule has 0 aromatic heterocycles. The molecule has 0 spiro atoms. The molecular formula is C18H27FN2O3. The van der Waals surface area contributed by atoms with Crippen molar-refractivity contribution >= 4 is 5.69 Å². The Kier molecular flexibility index (Phi) is 6.43. The molecule has 0 bridgehead atoms. The maximum Gasteiger partial charge on any atom is 0.125 e. The summed E-state index contributed by atoms with van der Waals surface area (Å²) < 4.78 is 24.7. The van der Waals surface area contributed by atoms with Crippen molar-refractivity contribution in [1.29, 1.82) is 0 Å². The van der Waals surface area contributed by atoms with Crippen molar-refractivity contribution in [3.05, 3.63) is 30.1 Å². The molecule has 0 unspecified atom stereocenters. The number of nitrogens with zero attached hydrogens (tertiary/aromatic N) is 1. The monoisotopic (exact) mass is 338 g/mol. The van der Waals surface area contributed by atoms with Gasteiger partial charge in [0, 0.05) is 31.4 Å². The van der Waals surface area contributed by atoms with Crippen LogP contribution in [0.15, 0.2) is 24.3 Å². The number of nitrogens with one attached hydrogen (secondary N) is 1. The van der Waals surface area contributed by atoms with Gasteiger partial charge in [-0.05, 0) is 37.5 Å². The fourth-order valence-corrected chi connectivity index (χ4v) is 3.56. The van der Waals surface area contributed by atoms with Gasteiger partial charge < -0.3 is 24.8 Å². The van der Waals surface area contributed by atoms with Crippen LogP contribution in [-0.4, -0.2) is 62.8 Å². The number of piperidine rings is 1. The van der Waals surface area contributed by atoms with Gasteiger partial charge in [0.2, 0.25) is 0 Å². The molecule has 6 heteroatoms. The van der Waals surface area contributed by atoms with Crippen molar-refractivity contribution < 1.29 is 19.0 Å². The van der Waals surface area contributed by atoms with Crippen molar-refractivity contribution in [3.63, 3.8) is 0 Å². The summed E-state index contributed by atoms with van der Waals surface area (Å²) >= 11 is 0. The van der Waals surface area contributed by atoms with Crippen LogP contribution < -0.4 is 10.2 Å². The third-order valence-corrected chi connectivity index (χ3v) is 4.83. The molecule has 24 heavy (non-hydrogen) atoms. The number of anilines is 1. The van der Waals surface area contributed by atoms with Crippen LogP contribution in [0.5, 0.6) is 0 Å². The van der Waals surface area contributed by atoms with Crippen molar-refractivity contribution in [3.8, 4) is 0 Å². The highest BCUT2D eigenvalue weighted by atomic mass is 19.1. The average molecular weight is 338 g/mol. The van der Waals surface area contributed by atoms with E-state index in [2.05, 4.69) is 10.2 Å². The molecule has 2 aliphatic rings. The van der Waals surface area contributed by atoms with Crippen LogP contribution in [0.3, 0.4) is 0 Å². The van der Waals surface area contributed by atoms with Gasteiger partial charge in [-0.2, -0.15) is 0 Å². The fraction of sp³-hybridized carbons (Fsp3) is 0.667. The van der Waals surface area contributed by atoms with Crippen LogP contribution in [-0.2, 0) is 9.47 Å². The molecule has 1 aromatic carbocycles. The van der Waals surface area contributed by atoms with E-state index in [4.69, 9.17) is 14.6 Å². The van der Waals surface area contributed by atoms with Crippen molar-refractivity contribution in [2.24, 2.45) is 0 Å². The highest BCUT2D eigenvalue weighted by Gasteiger charge is 2.30. The number of benzene rings is 1. The van der Waals surface area contributed by atoms with E-state index in [9.17, 15) is 4.39 Å². The first kappa shape index (κ1) is 17.6. The summed E-state index contributed by atoms with van der Waals surface area (Å²) in [5.41, 5.74) is 0.957. The molecule has 2 saturated heterocycles. The molecule has 2 N–H and O–H groups in total. The zero-order valence-corrected chi connectivity index (χ0v) is 14.0. The molecule has 1 aromatic rings. The first-order valence-corrected chi connectivity index (χ1v) is 8.83. The van der Waals surface area contributed by atoms with E-state index < -0.39 is 0 Å². The Morgan fingerprint density at radius 1 is 1.29 bits per heavy atom. The summed E-state index contributed by atoms with van der Waals surface area (Å²) in [5, 5.41) is 12.6. The van der Waals surface area contributed by atoms with Crippen LogP contribution in [0.4, 0.5) is 10.1 Å². The van der Waals surface area contributed by atoms with E-state index in [1.807, 2.05) is 6.07 Å². The Hall–Kier alpha value is -1.21. The van der Waals surface area contributed by atoms with E-state index in [1.165, 1.54) is 6.07 Å². The van der Waals surface area contributed by atoms with Gasteiger partial charge >= 0.3 is 0 Å². The maximum atomic E-state index is 13.4. The highest BCUT2D eigenvalue weighted by molar-refractivity contribution is 5.46. The topological polar surface area (TPSA) is 54.0 Å². The smallest absolute Gasteiger partial charge is 0.125 e. The summed E-state index contributed by atoms with van der Waals surface area (Å²) in [6.45, 7) is 3.62. The lowest BCUT2D eigenvalue weighted by atomic mass is 10.00. The minimum Gasteiger partial charge on any atom is -0.394 e. The molecule has 2 heterocycles. The Balaban J connectivity index is 1.49. The molecular weight excluding hydrogens is 311 g/mol. The van der Waals surface area contributed by atoms with E-state index in [-0.39, 0.29) is 24.6 Å². The number of aliphatic hydroxyl groups is 1. The predicted octanol–water partition coefficient (Wildman–Crippen LogP) is 1.55. The molecule has 2 fully saturated rings. The van der Waals surface area contributed by atoms with Gasteiger partial charge in [-0.3, -0.25) is 0 Å². The Morgan fingerprint density at radius 2 is 2.12 bits per heavy atom. The first-order chi connectivity index (χ1) is 11.8. The minimum atomic E-state index is -0.184. The van der Waals surface area contributed by atoms with E-state index in [1.54, 1.807) is 12.1 Å². The van der Waals surface area contributed by atoms with Crippen molar-refractivity contribution in [1.82, 2.24) is 5.32 Å². The van der Waals surface area contributed by atoms with Crippen LogP contribution >= 0.6 is 0 Å². The summed E-state index contributed by atoms with van der Waals surface area (Å²) in [6.07, 6.45) is 2.99. The number of hydrogen-bond acceptors (Lipinski definition) is 5. The molecule has 5 nitrogen and oxygen atoms in total. The summed E-state index contributed by atoms with van der Waals surface area (Å²) in [5.74, 6) is -0.184. The highest BCUT2D eigenvalue weighted by Crippen LogP contribution is 2.22. The van der Waals surface area contributed by atoms with Crippen LogP contribution in [0.2, 0.25) is 0 Å². The lowest BCUT2D eigenvalue weighted by Crippen LogP contribution is -2.54. The average Bonchev–Trinajstić information content (AvgIpc) is 2.62. The second-order valence-corrected chi connectivity index (χ2v) is 6.51. The molecule has 2 aliphatic heterocycles. The second kappa shape index (κ2) is 8.76. The summed E-state index contributed by atoms with van der Waals surface area (Å²) in [4.78, 5) is 2.23. The summed E-state index contributed by atoms with van der Waals surface area (Å²) in [6, 6.07) is 7.40. The molecule has 0 saturated carbocycles. The number of hydrogen-bond donors (Lipinski definition) is 2. The molecule has 0 radical (unpaired) electrons. The van der Waals surface area contributed by atoms with Gasteiger partial charge in [0.15, 0.2) is 0 Å². The number of halogens is 1. The Morgan fingerprint density at radius 3 is 2.88 bits per heavy atom. The summed E-state index contributed by atoms with van der Waals surface area (Å²) in [7, 11) is 0. The predicted molar refractivity (Wildman–Crippen MR) is 90.8 cm³/mol. The van der Waals surface area contributed by atoms with Gasteiger partial charge in [0.1, 0.15) is 5.82 Å². The van der Waals surface area contributed by atoms with Gasteiger partial charge in [-0.1, -0.05) is 6.07 Å². The molecule has 134 valence electrons. The van der Waals surface area contributed by atoms with Crippen molar-refractivity contribution in [2.75, 3.05) is 44.4 Å². The fourth-order valence-electron chi connectivity index (χ4n) is 3.56. The lowest BCUT2D eigenvalue weighted by Gasteiger charge is -2.39. The standard InChI is InChI=1S/C18H27FN2O3/c19-14-2-1-3-16(12-14)21-7-4-15(5-8-21)20-17-13-23-10-6-18(17)24-11-9-22/h1-3,12,15,17-18,20,22H,4-11,13H2/t17-,18+/m1/s1. The Labute approximate surface area is 142 Å². The van der Waals surface area contributed by atoms with Crippen LogP contribution in [0.25, 0.3) is 0 Å².